The predicted octanol–water partition coefficient (Wildman–Crippen LogP) is 2.35. The highest BCUT2D eigenvalue weighted by molar-refractivity contribution is 5.85. The van der Waals surface area contributed by atoms with Gasteiger partial charge in [0, 0.05) is 12.6 Å². The van der Waals surface area contributed by atoms with Gasteiger partial charge in [-0.15, -0.1) is 12.4 Å². The van der Waals surface area contributed by atoms with Crippen molar-refractivity contribution in [2.45, 2.75) is 51.7 Å². The lowest BCUT2D eigenvalue weighted by Gasteiger charge is -2.27. The topological polar surface area (TPSA) is 35.2 Å². The Morgan fingerprint density at radius 3 is 2.62 bits per heavy atom. The highest BCUT2D eigenvalue weighted by Crippen LogP contribution is 2.20. The molecule has 1 fully saturated rings. The molecule has 80 valence electrons. The monoisotopic (exact) mass is 207 g/mol. The van der Waals surface area contributed by atoms with Crippen molar-refractivity contribution in [1.82, 2.24) is 0 Å². The molecule has 13 heavy (non-hydrogen) atoms. The van der Waals surface area contributed by atoms with Crippen molar-refractivity contribution in [3.63, 3.8) is 0 Å². The van der Waals surface area contributed by atoms with E-state index in [0.717, 1.165) is 13.0 Å². The van der Waals surface area contributed by atoms with Crippen molar-refractivity contribution in [1.29, 1.82) is 0 Å². The summed E-state index contributed by atoms with van der Waals surface area (Å²) in [5, 5.41) is 0. The fourth-order valence-electron chi connectivity index (χ4n) is 1.66. The summed E-state index contributed by atoms with van der Waals surface area (Å²) in [5.74, 6) is 0.642. The van der Waals surface area contributed by atoms with Crippen LogP contribution in [0.2, 0.25) is 0 Å². The molecule has 2 atom stereocenters. The Hall–Kier alpha value is 0.210. The van der Waals surface area contributed by atoms with Crippen LogP contribution in [0.3, 0.4) is 0 Å². The van der Waals surface area contributed by atoms with Crippen LogP contribution < -0.4 is 5.73 Å². The van der Waals surface area contributed by atoms with E-state index in [-0.39, 0.29) is 12.4 Å². The van der Waals surface area contributed by atoms with Crippen molar-refractivity contribution >= 4 is 12.4 Å². The number of halogens is 1. The molecule has 1 aliphatic rings. The molecule has 0 heterocycles. The maximum atomic E-state index is 5.85. The fourth-order valence-corrected chi connectivity index (χ4v) is 1.66. The molecule has 0 aliphatic heterocycles. The van der Waals surface area contributed by atoms with Crippen LogP contribution >= 0.6 is 12.4 Å². The molecule has 3 heteroatoms. The van der Waals surface area contributed by atoms with E-state index in [1.54, 1.807) is 0 Å². The number of rotatable bonds is 3. The minimum atomic E-state index is 0. The van der Waals surface area contributed by atoms with Crippen molar-refractivity contribution < 1.29 is 4.74 Å². The third kappa shape index (κ3) is 5.50. The van der Waals surface area contributed by atoms with E-state index in [1.807, 2.05) is 0 Å². The molecule has 2 nitrogen and oxygen atoms in total. The first-order valence-corrected chi connectivity index (χ1v) is 5.05. The second-order valence-corrected chi connectivity index (χ2v) is 4.28. The molecule has 0 radical (unpaired) electrons. The molecular formula is C10H22ClNO. The van der Waals surface area contributed by atoms with E-state index in [9.17, 15) is 0 Å². The Morgan fingerprint density at radius 1 is 1.38 bits per heavy atom. The molecule has 0 bridgehead atoms. The molecule has 1 aliphatic carbocycles. The van der Waals surface area contributed by atoms with Crippen LogP contribution in [0.5, 0.6) is 0 Å². The predicted molar refractivity (Wildman–Crippen MR) is 58.3 cm³/mol. The summed E-state index contributed by atoms with van der Waals surface area (Å²) >= 11 is 0. The van der Waals surface area contributed by atoms with Crippen LogP contribution in [0.15, 0.2) is 0 Å². The first-order chi connectivity index (χ1) is 5.68. The molecule has 0 aromatic carbocycles. The highest BCUT2D eigenvalue weighted by atomic mass is 35.5. The Bertz CT molecular complexity index is 130. The van der Waals surface area contributed by atoms with Crippen LogP contribution in [0.4, 0.5) is 0 Å². The summed E-state index contributed by atoms with van der Waals surface area (Å²) in [5.41, 5.74) is 5.85. The summed E-state index contributed by atoms with van der Waals surface area (Å²) in [6.45, 7) is 5.25. The van der Waals surface area contributed by atoms with Crippen molar-refractivity contribution in [2.24, 2.45) is 11.7 Å². The molecule has 0 unspecified atom stereocenters. The normalized spacial score (nSPS) is 28.6. The number of hydrogen-bond acceptors (Lipinski definition) is 2. The molecule has 1 rings (SSSR count). The van der Waals surface area contributed by atoms with Gasteiger partial charge in [-0.1, -0.05) is 13.8 Å². The van der Waals surface area contributed by atoms with Gasteiger partial charge in [0.1, 0.15) is 0 Å². The van der Waals surface area contributed by atoms with Gasteiger partial charge in [0.15, 0.2) is 0 Å². The van der Waals surface area contributed by atoms with E-state index < -0.39 is 0 Å². The van der Waals surface area contributed by atoms with Gasteiger partial charge in [0.05, 0.1) is 6.10 Å². The van der Waals surface area contributed by atoms with E-state index in [0.29, 0.717) is 18.1 Å². The zero-order chi connectivity index (χ0) is 8.97. The molecule has 0 aromatic rings. The minimum absolute atomic E-state index is 0. The molecular weight excluding hydrogens is 186 g/mol. The third-order valence-electron chi connectivity index (χ3n) is 2.33. The maximum absolute atomic E-state index is 5.85. The van der Waals surface area contributed by atoms with Gasteiger partial charge >= 0.3 is 0 Å². The lowest BCUT2D eigenvalue weighted by molar-refractivity contribution is 0.00939. The molecule has 0 amide bonds. The van der Waals surface area contributed by atoms with Gasteiger partial charge in [-0.05, 0) is 31.6 Å². The van der Waals surface area contributed by atoms with Gasteiger partial charge in [-0.25, -0.2) is 0 Å². The first-order valence-electron chi connectivity index (χ1n) is 5.05. The van der Waals surface area contributed by atoms with Crippen LogP contribution in [0.25, 0.3) is 0 Å². The second-order valence-electron chi connectivity index (χ2n) is 4.28. The van der Waals surface area contributed by atoms with Crippen LogP contribution in [-0.2, 0) is 4.74 Å². The summed E-state index contributed by atoms with van der Waals surface area (Å²) < 4.78 is 5.73. The van der Waals surface area contributed by atoms with E-state index in [1.165, 1.54) is 19.3 Å². The lowest BCUT2D eigenvalue weighted by Crippen LogP contribution is -2.32. The smallest absolute Gasteiger partial charge is 0.0590 e. The van der Waals surface area contributed by atoms with Gasteiger partial charge in [-0.3, -0.25) is 0 Å². The summed E-state index contributed by atoms with van der Waals surface area (Å²) in [6, 6.07) is 0.385. The molecule has 0 saturated heterocycles. The van der Waals surface area contributed by atoms with Crippen LogP contribution in [-0.4, -0.2) is 18.8 Å². The van der Waals surface area contributed by atoms with E-state index >= 15 is 0 Å². The Labute approximate surface area is 87.6 Å². The van der Waals surface area contributed by atoms with E-state index in [2.05, 4.69) is 13.8 Å². The molecule has 2 N–H and O–H groups in total. The summed E-state index contributed by atoms with van der Waals surface area (Å²) in [6.07, 6.45) is 5.13. The standard InChI is InChI=1S/C10H21NO.ClH/c1-8(2)7-12-10-5-3-4-9(11)6-10;/h8-10H,3-7,11H2,1-2H3;1H/t9-,10+;/m0./s1. The zero-order valence-corrected chi connectivity index (χ0v) is 9.48. The Kier molecular flexibility index (Phi) is 6.74. The van der Waals surface area contributed by atoms with E-state index in [4.69, 9.17) is 10.5 Å². The molecule has 0 aromatic heterocycles. The molecule has 0 spiro atoms. The lowest BCUT2D eigenvalue weighted by atomic mass is 9.93. The quantitative estimate of drug-likeness (QED) is 0.771. The van der Waals surface area contributed by atoms with Crippen molar-refractivity contribution in [3.8, 4) is 0 Å². The number of ether oxygens (including phenoxy) is 1. The van der Waals surface area contributed by atoms with Crippen molar-refractivity contribution in [3.05, 3.63) is 0 Å². The first kappa shape index (κ1) is 13.2. The van der Waals surface area contributed by atoms with Gasteiger partial charge in [0.2, 0.25) is 0 Å². The number of hydrogen-bond donors (Lipinski definition) is 1. The van der Waals surface area contributed by atoms with Crippen LogP contribution in [0.1, 0.15) is 39.5 Å². The van der Waals surface area contributed by atoms with Crippen LogP contribution in [0, 0.1) is 5.92 Å². The summed E-state index contributed by atoms with van der Waals surface area (Å²) in [7, 11) is 0. The zero-order valence-electron chi connectivity index (χ0n) is 8.66. The van der Waals surface area contributed by atoms with Gasteiger partial charge in [0.25, 0.3) is 0 Å². The van der Waals surface area contributed by atoms with Gasteiger partial charge in [-0.2, -0.15) is 0 Å². The SMILES string of the molecule is CC(C)CO[C@@H]1CCC[C@H](N)C1.Cl. The largest absolute Gasteiger partial charge is 0.378 e. The Balaban J connectivity index is 0.00000144. The second kappa shape index (κ2) is 6.63. The fraction of sp³-hybridized carbons (Fsp3) is 1.00. The average Bonchev–Trinajstić information content (AvgIpc) is 2.01. The molecule has 1 saturated carbocycles. The maximum Gasteiger partial charge on any atom is 0.0590 e. The average molecular weight is 208 g/mol. The van der Waals surface area contributed by atoms with Gasteiger partial charge < -0.3 is 10.5 Å². The number of nitrogens with two attached hydrogens (primary N) is 1. The third-order valence-corrected chi connectivity index (χ3v) is 2.33. The minimum Gasteiger partial charge on any atom is -0.378 e. The van der Waals surface area contributed by atoms with Crippen molar-refractivity contribution in [2.75, 3.05) is 6.61 Å². The highest BCUT2D eigenvalue weighted by Gasteiger charge is 2.19. The Morgan fingerprint density at radius 2 is 2.08 bits per heavy atom. The summed E-state index contributed by atoms with van der Waals surface area (Å²) in [4.78, 5) is 0.